The molecule has 12 radical (unpaired) electrons. The maximum atomic E-state index is 11.6. The van der Waals surface area contributed by atoms with E-state index in [1.165, 1.54) is 27.7 Å². The summed E-state index contributed by atoms with van der Waals surface area (Å²) in [6.07, 6.45) is 26.4. The molecule has 0 aliphatic carbocycles. The van der Waals surface area contributed by atoms with Gasteiger partial charge in [-0.1, -0.05) is 305 Å². The van der Waals surface area contributed by atoms with E-state index in [2.05, 4.69) is 103 Å². The third kappa shape index (κ3) is 121. The number of rotatable bonds is 36. The smallest absolute Gasteiger partial charge is 0.338 e. The van der Waals surface area contributed by atoms with Crippen molar-refractivity contribution in [3.8, 4) is 25.2 Å². The van der Waals surface area contributed by atoms with Crippen molar-refractivity contribution in [2.24, 2.45) is 0 Å². The number of unbranched alkanes of at least 4 members (excludes halogenated alkanes) is 4. The van der Waals surface area contributed by atoms with Crippen LogP contribution in [0.3, 0.4) is 0 Å². The van der Waals surface area contributed by atoms with Gasteiger partial charge in [0, 0.05) is 99.8 Å². The van der Waals surface area contributed by atoms with E-state index in [0.29, 0.717) is 127 Å². The molecule has 30 heteroatoms. The van der Waals surface area contributed by atoms with Crippen molar-refractivity contribution in [3.05, 3.63) is 287 Å². The van der Waals surface area contributed by atoms with Crippen LogP contribution in [-0.2, 0) is 122 Å². The normalized spacial score (nSPS) is 8.46. The first-order valence-corrected chi connectivity index (χ1v) is 46.1. The lowest BCUT2D eigenvalue weighted by Crippen LogP contribution is -2.05. The topological polar surface area (TPSA) is 316 Å². The number of hydrogen-bond donors (Lipinski definition) is 0. The molecule has 0 heterocycles. The van der Waals surface area contributed by atoms with Crippen molar-refractivity contribution in [1.82, 2.24) is 0 Å². The van der Waals surface area contributed by atoms with Crippen molar-refractivity contribution < 1.29 is 114 Å². The number of esters is 12. The van der Waals surface area contributed by atoms with Gasteiger partial charge in [-0.05, 0) is 157 Å². The summed E-state index contributed by atoms with van der Waals surface area (Å²) >= 11 is 0. The molecule has 0 saturated carbocycles. The van der Waals surface area contributed by atoms with E-state index in [-0.39, 0.29) is 110 Å². The van der Waals surface area contributed by atoms with Gasteiger partial charge in [-0.3, -0.25) is 38.4 Å². The summed E-state index contributed by atoms with van der Waals surface area (Å²) in [5.41, 5.74) is 6.43. The summed E-state index contributed by atoms with van der Waals surface area (Å²) in [5.74, 6) is 0.0200. The van der Waals surface area contributed by atoms with Crippen LogP contribution in [-0.4, -0.2) is 171 Å². The zero-order chi connectivity index (χ0) is 106. The van der Waals surface area contributed by atoms with E-state index >= 15 is 0 Å². The summed E-state index contributed by atoms with van der Waals surface area (Å²) in [5, 5.41) is 0. The monoisotopic (exact) mass is 1970 g/mol. The molecule has 143 heavy (non-hydrogen) atoms. The number of ether oxygens (including phenoxy) is 12. The standard InChI is InChI=1S/2C14H12O2.2C11H14O2.2C9H10O2.2C8H16O2.2C6H12O2.2C4H8O2.C3H4.C2H2.4CH4.B3.B2.B/c2*15-14(13-9-5-2-6-10-13)16-11-12-7-3-1-4-8-12;1-2-6-11(12)13-9-10-7-4-3-5-8-10;1-2-3-9-13-11(12)10-7-5-4-6-8-10;1-8(10)11-7-9-5-3-2-4-6-9;1-2-11-9(10)8-6-4-3-5-7-8;2*1-3-5-7-10-8(9)6-4-2;1-3-4-5-8-6(2)7;1-3-5-6(7)8-4-2;2*1-3-6-4(2)5;1-3-2;1-2;;;;;1-3-2;1-2;/h2*1-10H,11H2;3-5,7-8H,2,6,9H2,1H3;4-8H,2-3,9H2,1H3;2-6H,7H2,1H3;3-7H,2H2,1H3;2*3-7H2,1-2H3;2*3-5H2,1-2H3;2*3H2,1-2H3;1H,2H3;1-2H;4*1H4;;;. The van der Waals surface area contributed by atoms with Crippen LogP contribution < -0.4 is 0 Å². The Labute approximate surface area is 869 Å². The molecule has 8 aromatic carbocycles. The highest BCUT2D eigenvalue weighted by Crippen LogP contribution is 2.10. The maximum absolute atomic E-state index is 11.6. The van der Waals surface area contributed by atoms with Gasteiger partial charge in [0.2, 0.25) is 0 Å². The minimum Gasteiger partial charge on any atom is -0.466 e. The molecular weight excluding hydrogens is 1810 g/mol. The average Bonchev–Trinajstić information content (AvgIpc) is 0.948. The van der Waals surface area contributed by atoms with E-state index in [4.69, 9.17) is 37.9 Å². The van der Waals surface area contributed by atoms with E-state index < -0.39 is 0 Å². The molecule has 780 valence electrons. The highest BCUT2D eigenvalue weighted by molar-refractivity contribution is 7.17. The first kappa shape index (κ1) is 158. The Morgan fingerprint density at radius 3 is 0.636 bits per heavy atom. The summed E-state index contributed by atoms with van der Waals surface area (Å²) in [6, 6.07) is 74.6. The number of hydrogen-bond acceptors (Lipinski definition) is 24. The van der Waals surface area contributed by atoms with Gasteiger partial charge in [0.05, 0.1) is 75.1 Å². The van der Waals surface area contributed by atoms with Crippen LogP contribution >= 0.6 is 0 Å². The molecule has 24 nitrogen and oxygen atoms in total. The predicted molar refractivity (Wildman–Crippen MR) is 586 cm³/mol. The Bertz CT molecular complexity index is 4100. The van der Waals surface area contributed by atoms with Gasteiger partial charge < -0.3 is 56.8 Å². The molecule has 0 N–H and O–H groups in total. The van der Waals surface area contributed by atoms with E-state index in [9.17, 15) is 57.5 Å². The SMILES string of the molecule is C.C.C.C.C#C.C#CC.CC(=O)OCc1ccccc1.CCCC(=O)OCC.CCCC(=O)OCc1ccccc1.CCCCOC(=O)CCC.CCCCOC(=O)CCC.CCCCOC(=O)c1ccccc1.CCCCOC(C)=O.CCOC(=O)c1ccccc1.CCOC(C)=O.CCOC(C)=O.O=C(OCc1ccccc1)c1ccccc1.O=C(OCc1ccccc1)c1ccccc1.[B].[B][B].[B][B][B]. The molecular formula is C113H166B6O24. The summed E-state index contributed by atoms with van der Waals surface area (Å²) < 4.78 is 57.8. The van der Waals surface area contributed by atoms with Crippen LogP contribution in [0.1, 0.15) is 314 Å². The first-order chi connectivity index (χ1) is 66.6. The van der Waals surface area contributed by atoms with Crippen molar-refractivity contribution in [1.29, 1.82) is 0 Å². The number of benzene rings is 8. The van der Waals surface area contributed by atoms with Crippen LogP contribution in [0, 0.1) is 25.2 Å². The quantitative estimate of drug-likeness (QED) is 0.0116. The molecule has 0 fully saturated rings. The molecule has 0 aliphatic heterocycles. The van der Waals surface area contributed by atoms with Gasteiger partial charge in [0.15, 0.2) is 0 Å². The fraction of sp³-hybridized carbons (Fsp3) is 0.434. The first-order valence-electron chi connectivity index (χ1n) is 46.1. The van der Waals surface area contributed by atoms with Crippen LogP contribution in [0.25, 0.3) is 0 Å². The lowest BCUT2D eigenvalue weighted by molar-refractivity contribution is -0.145. The fourth-order valence-corrected chi connectivity index (χ4v) is 8.71. The lowest BCUT2D eigenvalue weighted by Gasteiger charge is -2.04. The van der Waals surface area contributed by atoms with Gasteiger partial charge in [-0.2, -0.15) is 0 Å². The molecule has 0 unspecified atom stereocenters. The van der Waals surface area contributed by atoms with Gasteiger partial charge in [0.1, 0.15) is 26.4 Å². The summed E-state index contributed by atoms with van der Waals surface area (Å²) in [7, 11) is 18.0. The van der Waals surface area contributed by atoms with Crippen LogP contribution in [0.2, 0.25) is 0 Å². The Kier molecular flexibility index (Phi) is 140. The summed E-state index contributed by atoms with van der Waals surface area (Å²) in [4.78, 5) is 128. The van der Waals surface area contributed by atoms with E-state index in [1.807, 2.05) is 229 Å². The molecule has 8 rings (SSSR count). The zero-order valence-electron chi connectivity index (χ0n) is 85.4. The fourth-order valence-electron chi connectivity index (χ4n) is 8.71. The van der Waals surface area contributed by atoms with Gasteiger partial charge in [0.25, 0.3) is 0 Å². The third-order valence-corrected chi connectivity index (χ3v) is 15.1. The second kappa shape index (κ2) is 127. The molecule has 8 aromatic rings. The maximum Gasteiger partial charge on any atom is 0.338 e. The number of carbonyl (C=O) groups is 12. The van der Waals surface area contributed by atoms with Crippen molar-refractivity contribution >= 4 is 118 Å². The summed E-state index contributed by atoms with van der Waals surface area (Å²) in [6.45, 7) is 36.1. The highest BCUT2D eigenvalue weighted by Gasteiger charge is 2.10. The van der Waals surface area contributed by atoms with Crippen LogP contribution in [0.5, 0.6) is 0 Å². The van der Waals surface area contributed by atoms with E-state index in [0.717, 1.165) is 106 Å². The van der Waals surface area contributed by atoms with Crippen molar-refractivity contribution in [2.45, 2.75) is 277 Å². The Morgan fingerprint density at radius 1 is 0.259 bits per heavy atom. The minimum absolute atomic E-state index is 0. The predicted octanol–water partition coefficient (Wildman–Crippen LogP) is 24.1. The van der Waals surface area contributed by atoms with Crippen molar-refractivity contribution in [2.75, 3.05) is 52.9 Å². The van der Waals surface area contributed by atoms with Crippen LogP contribution in [0.4, 0.5) is 0 Å². The molecule has 0 atom stereocenters. The second-order valence-electron chi connectivity index (χ2n) is 27.2. The molecule has 0 amide bonds. The Balaban J connectivity index is -0.000000117. The lowest BCUT2D eigenvalue weighted by atomic mass is 9.40. The van der Waals surface area contributed by atoms with E-state index in [1.54, 1.807) is 76.2 Å². The Morgan fingerprint density at radius 2 is 0.434 bits per heavy atom. The van der Waals surface area contributed by atoms with Crippen LogP contribution in [0.15, 0.2) is 243 Å². The zero-order valence-corrected chi connectivity index (χ0v) is 85.4. The minimum atomic E-state index is -0.288. The second-order valence-corrected chi connectivity index (χ2v) is 27.2. The van der Waals surface area contributed by atoms with Gasteiger partial charge in [-0.15, -0.1) is 25.2 Å². The molecule has 0 aromatic heterocycles. The average molecular weight is 1970 g/mol. The molecule has 0 aliphatic rings. The largest absolute Gasteiger partial charge is 0.466 e. The number of terminal acetylenes is 2. The molecule has 0 spiro atoms. The molecule has 0 bridgehead atoms. The van der Waals surface area contributed by atoms with Gasteiger partial charge in [-0.25, -0.2) is 19.2 Å². The Hall–Kier alpha value is -13.1. The highest BCUT2D eigenvalue weighted by atomic mass is 16.6. The number of carbonyl (C=O) groups excluding carboxylic acids is 12. The third-order valence-electron chi connectivity index (χ3n) is 15.1. The van der Waals surface area contributed by atoms with Crippen molar-refractivity contribution in [3.63, 3.8) is 0 Å². The molecule has 0 saturated heterocycles. The van der Waals surface area contributed by atoms with Gasteiger partial charge >= 0.3 is 71.6 Å².